The first kappa shape index (κ1) is 16.9. The van der Waals surface area contributed by atoms with E-state index in [4.69, 9.17) is 4.98 Å². The Morgan fingerprint density at radius 1 is 0.808 bits per heavy atom. The number of hydrogen-bond donors (Lipinski definition) is 0. The van der Waals surface area contributed by atoms with E-state index in [0.29, 0.717) is 5.92 Å². The SMILES string of the molecule is CN1CCCC(c2cc(-c3ccccn3)nc(-c3ccccn3)c2)CC1. The quantitative estimate of drug-likeness (QED) is 0.706. The lowest BCUT2D eigenvalue weighted by atomic mass is 9.91. The second-order valence-electron chi connectivity index (χ2n) is 7.03. The molecule has 0 amide bonds. The standard InChI is InChI=1S/C22H24N4/c1-26-13-6-7-17(10-14-26)18-15-21(19-8-2-4-11-23-19)25-22(16-18)20-9-3-5-12-24-20/h2-5,8-9,11-12,15-17H,6-7,10,13-14H2,1H3. The van der Waals surface area contributed by atoms with Crippen LogP contribution in [0.5, 0.6) is 0 Å². The van der Waals surface area contributed by atoms with E-state index < -0.39 is 0 Å². The summed E-state index contributed by atoms with van der Waals surface area (Å²) >= 11 is 0. The summed E-state index contributed by atoms with van der Waals surface area (Å²) < 4.78 is 0. The molecular formula is C22H24N4. The van der Waals surface area contributed by atoms with Crippen molar-refractivity contribution < 1.29 is 0 Å². The van der Waals surface area contributed by atoms with Crippen LogP contribution in [0.2, 0.25) is 0 Å². The van der Waals surface area contributed by atoms with Gasteiger partial charge in [-0.3, -0.25) is 9.97 Å². The first-order chi connectivity index (χ1) is 12.8. The van der Waals surface area contributed by atoms with Crippen LogP contribution in [0.15, 0.2) is 60.9 Å². The largest absolute Gasteiger partial charge is 0.306 e. The lowest BCUT2D eigenvalue weighted by Gasteiger charge is -2.17. The first-order valence-electron chi connectivity index (χ1n) is 9.33. The second kappa shape index (κ2) is 7.75. The Morgan fingerprint density at radius 3 is 2.04 bits per heavy atom. The van der Waals surface area contributed by atoms with Gasteiger partial charge in [0.2, 0.25) is 0 Å². The number of hydrogen-bond acceptors (Lipinski definition) is 4. The minimum Gasteiger partial charge on any atom is -0.306 e. The minimum absolute atomic E-state index is 0.563. The van der Waals surface area contributed by atoms with Crippen molar-refractivity contribution in [3.05, 3.63) is 66.5 Å². The highest BCUT2D eigenvalue weighted by atomic mass is 15.1. The van der Waals surface area contributed by atoms with Crippen molar-refractivity contribution in [1.82, 2.24) is 19.9 Å². The fourth-order valence-corrected chi connectivity index (χ4v) is 3.65. The number of aromatic nitrogens is 3. The minimum atomic E-state index is 0.563. The zero-order chi connectivity index (χ0) is 17.8. The van der Waals surface area contributed by atoms with Crippen LogP contribution in [0.4, 0.5) is 0 Å². The summed E-state index contributed by atoms with van der Waals surface area (Å²) in [6.07, 6.45) is 7.29. The zero-order valence-corrected chi connectivity index (χ0v) is 15.2. The molecule has 0 aliphatic carbocycles. The summed E-state index contributed by atoms with van der Waals surface area (Å²) in [5.41, 5.74) is 5.05. The van der Waals surface area contributed by atoms with Gasteiger partial charge in [-0.15, -0.1) is 0 Å². The number of likely N-dealkylation sites (tertiary alicyclic amines) is 1. The highest BCUT2D eigenvalue weighted by Gasteiger charge is 2.19. The van der Waals surface area contributed by atoms with Crippen LogP contribution >= 0.6 is 0 Å². The van der Waals surface area contributed by atoms with E-state index in [1.54, 1.807) is 0 Å². The number of nitrogens with zero attached hydrogens (tertiary/aromatic N) is 4. The smallest absolute Gasteiger partial charge is 0.0897 e. The van der Waals surface area contributed by atoms with Gasteiger partial charge in [-0.25, -0.2) is 4.98 Å². The molecule has 1 fully saturated rings. The fourth-order valence-electron chi connectivity index (χ4n) is 3.65. The van der Waals surface area contributed by atoms with Gasteiger partial charge in [0.25, 0.3) is 0 Å². The molecule has 0 bridgehead atoms. The maximum atomic E-state index is 4.87. The molecule has 132 valence electrons. The van der Waals surface area contributed by atoms with E-state index in [1.807, 2.05) is 48.8 Å². The lowest BCUT2D eigenvalue weighted by Crippen LogP contribution is -2.18. The Labute approximate surface area is 155 Å². The third-order valence-corrected chi connectivity index (χ3v) is 5.13. The highest BCUT2D eigenvalue weighted by Crippen LogP contribution is 2.32. The van der Waals surface area contributed by atoms with Crippen LogP contribution in [-0.4, -0.2) is 40.0 Å². The van der Waals surface area contributed by atoms with Crippen LogP contribution in [0.1, 0.15) is 30.7 Å². The molecule has 1 aliphatic heterocycles. The predicted octanol–water partition coefficient (Wildman–Crippen LogP) is 4.40. The van der Waals surface area contributed by atoms with Crippen LogP contribution in [0.3, 0.4) is 0 Å². The molecule has 1 unspecified atom stereocenters. The molecule has 3 aromatic rings. The maximum absolute atomic E-state index is 4.87. The van der Waals surface area contributed by atoms with Gasteiger partial charge in [0, 0.05) is 12.4 Å². The molecule has 0 N–H and O–H groups in total. The Kier molecular flexibility index (Phi) is 5.02. The third kappa shape index (κ3) is 3.81. The molecule has 3 aromatic heterocycles. The summed E-state index contributed by atoms with van der Waals surface area (Å²) in [6.45, 7) is 2.33. The molecule has 4 rings (SSSR count). The van der Waals surface area contributed by atoms with Gasteiger partial charge in [0.1, 0.15) is 0 Å². The highest BCUT2D eigenvalue weighted by molar-refractivity contribution is 5.63. The van der Waals surface area contributed by atoms with Crippen molar-refractivity contribution >= 4 is 0 Å². The lowest BCUT2D eigenvalue weighted by molar-refractivity contribution is 0.347. The molecule has 4 heterocycles. The van der Waals surface area contributed by atoms with Gasteiger partial charge in [-0.05, 0) is 87.3 Å². The topological polar surface area (TPSA) is 41.9 Å². The molecule has 1 saturated heterocycles. The molecule has 4 heteroatoms. The van der Waals surface area contributed by atoms with Crippen molar-refractivity contribution in [2.45, 2.75) is 25.2 Å². The molecular weight excluding hydrogens is 320 g/mol. The number of pyridine rings is 3. The monoisotopic (exact) mass is 344 g/mol. The van der Waals surface area contributed by atoms with E-state index >= 15 is 0 Å². The van der Waals surface area contributed by atoms with E-state index in [0.717, 1.165) is 29.3 Å². The second-order valence-corrected chi connectivity index (χ2v) is 7.03. The Bertz CT molecular complexity index is 791. The van der Waals surface area contributed by atoms with Gasteiger partial charge >= 0.3 is 0 Å². The average Bonchev–Trinajstić information content (AvgIpc) is 2.93. The van der Waals surface area contributed by atoms with Gasteiger partial charge in [0.15, 0.2) is 0 Å². The first-order valence-corrected chi connectivity index (χ1v) is 9.33. The Hall–Kier alpha value is -2.59. The summed E-state index contributed by atoms with van der Waals surface area (Å²) in [6, 6.07) is 16.4. The van der Waals surface area contributed by atoms with Gasteiger partial charge in [0.05, 0.1) is 22.8 Å². The van der Waals surface area contributed by atoms with Crippen LogP contribution < -0.4 is 0 Å². The van der Waals surface area contributed by atoms with E-state index in [2.05, 4.69) is 34.0 Å². The normalized spacial score (nSPS) is 18.4. The molecule has 0 saturated carbocycles. The Balaban J connectivity index is 1.78. The third-order valence-electron chi connectivity index (χ3n) is 5.13. The van der Waals surface area contributed by atoms with E-state index in [-0.39, 0.29) is 0 Å². The summed E-state index contributed by atoms with van der Waals surface area (Å²) in [5, 5.41) is 0. The van der Waals surface area contributed by atoms with Crippen molar-refractivity contribution in [1.29, 1.82) is 0 Å². The molecule has 0 radical (unpaired) electrons. The van der Waals surface area contributed by atoms with Gasteiger partial charge in [-0.2, -0.15) is 0 Å². The predicted molar refractivity (Wildman–Crippen MR) is 105 cm³/mol. The zero-order valence-electron chi connectivity index (χ0n) is 15.2. The molecule has 26 heavy (non-hydrogen) atoms. The van der Waals surface area contributed by atoms with Crippen molar-refractivity contribution in [3.63, 3.8) is 0 Å². The Morgan fingerprint density at radius 2 is 1.46 bits per heavy atom. The van der Waals surface area contributed by atoms with Crippen molar-refractivity contribution in [2.75, 3.05) is 20.1 Å². The molecule has 0 aromatic carbocycles. The maximum Gasteiger partial charge on any atom is 0.0897 e. The summed E-state index contributed by atoms with van der Waals surface area (Å²) in [4.78, 5) is 16.3. The molecule has 1 atom stereocenters. The molecule has 4 nitrogen and oxygen atoms in total. The van der Waals surface area contributed by atoms with Crippen LogP contribution in [0.25, 0.3) is 22.8 Å². The van der Waals surface area contributed by atoms with Crippen molar-refractivity contribution in [2.24, 2.45) is 0 Å². The van der Waals surface area contributed by atoms with Crippen LogP contribution in [-0.2, 0) is 0 Å². The summed E-state index contributed by atoms with van der Waals surface area (Å²) in [5.74, 6) is 0.563. The van der Waals surface area contributed by atoms with Crippen LogP contribution in [0, 0.1) is 0 Å². The molecule has 0 spiro atoms. The van der Waals surface area contributed by atoms with E-state index in [9.17, 15) is 0 Å². The molecule has 1 aliphatic rings. The fraction of sp³-hybridized carbons (Fsp3) is 0.318. The van der Waals surface area contributed by atoms with Crippen molar-refractivity contribution in [3.8, 4) is 22.8 Å². The van der Waals surface area contributed by atoms with Gasteiger partial charge in [-0.1, -0.05) is 12.1 Å². The van der Waals surface area contributed by atoms with Gasteiger partial charge < -0.3 is 4.90 Å². The number of rotatable bonds is 3. The van der Waals surface area contributed by atoms with E-state index in [1.165, 1.54) is 31.4 Å². The summed E-state index contributed by atoms with van der Waals surface area (Å²) in [7, 11) is 2.22. The average molecular weight is 344 g/mol.